The number of hydrogen-bond donors (Lipinski definition) is 2. The summed E-state index contributed by atoms with van der Waals surface area (Å²) in [5, 5.41) is 19.0. The first-order valence-corrected chi connectivity index (χ1v) is 4.76. The zero-order valence-corrected chi connectivity index (χ0v) is 8.57. The van der Waals surface area contributed by atoms with Gasteiger partial charge in [-0.2, -0.15) is 0 Å². The Morgan fingerprint density at radius 3 is 2.80 bits per heavy atom. The number of phenols is 2. The van der Waals surface area contributed by atoms with E-state index in [0.717, 1.165) is 11.1 Å². The Morgan fingerprint density at radius 1 is 1.47 bits per heavy atom. The molecule has 1 aromatic rings. The first-order chi connectivity index (χ1) is 7.00. The summed E-state index contributed by atoms with van der Waals surface area (Å²) in [6.45, 7) is 3.59. The van der Waals surface area contributed by atoms with Gasteiger partial charge in [-0.25, -0.2) is 4.79 Å². The van der Waals surface area contributed by atoms with Gasteiger partial charge in [-0.15, -0.1) is 0 Å². The van der Waals surface area contributed by atoms with Crippen molar-refractivity contribution in [2.45, 2.75) is 26.4 Å². The van der Waals surface area contributed by atoms with Gasteiger partial charge in [0.15, 0.2) is 11.5 Å². The van der Waals surface area contributed by atoms with Crippen molar-refractivity contribution in [3.05, 3.63) is 22.8 Å². The number of ether oxygens (including phenoxy) is 1. The number of phenolic OH excluding ortho intramolecular Hbond substituents is 2. The molecule has 4 heteroatoms. The van der Waals surface area contributed by atoms with Gasteiger partial charge >= 0.3 is 5.97 Å². The Kier molecular flexibility index (Phi) is 2.07. The second-order valence-electron chi connectivity index (χ2n) is 3.83. The van der Waals surface area contributed by atoms with Crippen molar-refractivity contribution in [2.75, 3.05) is 0 Å². The minimum absolute atomic E-state index is 0.102. The van der Waals surface area contributed by atoms with Crippen LogP contribution >= 0.6 is 0 Å². The molecule has 1 aliphatic heterocycles. The predicted octanol–water partition coefficient (Wildman–Crippen LogP) is 1.51. The Balaban J connectivity index is 2.69. The number of carbonyl (C=O) groups is 1. The van der Waals surface area contributed by atoms with Crippen LogP contribution in [-0.4, -0.2) is 22.3 Å². The second-order valence-corrected chi connectivity index (χ2v) is 3.83. The topological polar surface area (TPSA) is 66.8 Å². The SMILES string of the molecule is Cc1cc(O)c(O)c2c1C[C@@H](C)OC2=O. The molecule has 1 atom stereocenters. The van der Waals surface area contributed by atoms with Crippen LogP contribution < -0.4 is 0 Å². The van der Waals surface area contributed by atoms with Gasteiger partial charge in [-0.1, -0.05) is 0 Å². The second kappa shape index (κ2) is 3.15. The number of fused-ring (bicyclic) bond motifs is 1. The van der Waals surface area contributed by atoms with E-state index in [-0.39, 0.29) is 23.2 Å². The molecule has 0 unspecified atom stereocenters. The first kappa shape index (κ1) is 9.83. The van der Waals surface area contributed by atoms with E-state index in [1.165, 1.54) is 6.07 Å². The van der Waals surface area contributed by atoms with Gasteiger partial charge in [-0.05, 0) is 31.0 Å². The van der Waals surface area contributed by atoms with E-state index in [0.29, 0.717) is 6.42 Å². The van der Waals surface area contributed by atoms with E-state index < -0.39 is 5.97 Å². The molecule has 2 N–H and O–H groups in total. The third-order valence-electron chi connectivity index (χ3n) is 2.61. The fourth-order valence-electron chi connectivity index (χ4n) is 1.88. The molecule has 0 saturated carbocycles. The lowest BCUT2D eigenvalue weighted by molar-refractivity contribution is 0.0295. The number of aryl methyl sites for hydroxylation is 1. The third kappa shape index (κ3) is 1.42. The summed E-state index contributed by atoms with van der Waals surface area (Å²) in [6, 6.07) is 1.46. The van der Waals surface area contributed by atoms with E-state index in [1.54, 1.807) is 13.8 Å². The summed E-state index contributed by atoms with van der Waals surface area (Å²) < 4.78 is 4.99. The van der Waals surface area contributed by atoms with Crippen LogP contribution in [0.25, 0.3) is 0 Å². The average Bonchev–Trinajstić information content (AvgIpc) is 2.13. The van der Waals surface area contributed by atoms with Crippen LogP contribution in [0.3, 0.4) is 0 Å². The summed E-state index contributed by atoms with van der Waals surface area (Å²) in [5.41, 5.74) is 1.66. The maximum Gasteiger partial charge on any atom is 0.342 e. The molecule has 1 aliphatic rings. The molecule has 0 aliphatic carbocycles. The number of carbonyl (C=O) groups excluding carboxylic acids is 1. The van der Waals surface area contributed by atoms with Crippen molar-refractivity contribution in [1.82, 2.24) is 0 Å². The lowest BCUT2D eigenvalue weighted by Gasteiger charge is -2.24. The summed E-state index contributed by atoms with van der Waals surface area (Å²) in [7, 11) is 0. The molecule has 0 spiro atoms. The van der Waals surface area contributed by atoms with Crippen molar-refractivity contribution in [1.29, 1.82) is 0 Å². The van der Waals surface area contributed by atoms with Gasteiger partial charge in [0.2, 0.25) is 0 Å². The van der Waals surface area contributed by atoms with Gasteiger partial charge in [0.1, 0.15) is 11.7 Å². The highest BCUT2D eigenvalue weighted by Gasteiger charge is 2.29. The Morgan fingerprint density at radius 2 is 2.13 bits per heavy atom. The van der Waals surface area contributed by atoms with E-state index in [4.69, 9.17) is 4.74 Å². The Labute approximate surface area is 87.1 Å². The molecule has 0 aromatic heterocycles. The van der Waals surface area contributed by atoms with Gasteiger partial charge in [-0.3, -0.25) is 0 Å². The fourth-order valence-corrected chi connectivity index (χ4v) is 1.88. The molecule has 2 rings (SSSR count). The number of aromatic hydroxyl groups is 2. The number of benzene rings is 1. The normalized spacial score (nSPS) is 19.6. The minimum Gasteiger partial charge on any atom is -0.504 e. The van der Waals surface area contributed by atoms with Crippen molar-refractivity contribution >= 4 is 5.97 Å². The molecule has 0 amide bonds. The van der Waals surface area contributed by atoms with E-state index in [1.807, 2.05) is 0 Å². The number of rotatable bonds is 0. The van der Waals surface area contributed by atoms with Crippen LogP contribution in [0.2, 0.25) is 0 Å². The fraction of sp³-hybridized carbons (Fsp3) is 0.364. The maximum atomic E-state index is 11.5. The number of hydrogen-bond acceptors (Lipinski definition) is 4. The lowest BCUT2D eigenvalue weighted by Crippen LogP contribution is -2.26. The minimum atomic E-state index is -0.569. The lowest BCUT2D eigenvalue weighted by atomic mass is 9.93. The Bertz CT molecular complexity index is 437. The third-order valence-corrected chi connectivity index (χ3v) is 2.61. The highest BCUT2D eigenvalue weighted by Crippen LogP contribution is 2.37. The van der Waals surface area contributed by atoms with Crippen LogP contribution in [0, 0.1) is 6.92 Å². The zero-order valence-electron chi connectivity index (χ0n) is 8.57. The average molecular weight is 208 g/mol. The molecule has 1 heterocycles. The predicted molar refractivity (Wildman–Crippen MR) is 53.1 cm³/mol. The summed E-state index contributed by atoms with van der Waals surface area (Å²) in [5.74, 6) is -1.23. The van der Waals surface area contributed by atoms with Gasteiger partial charge in [0, 0.05) is 6.42 Å². The van der Waals surface area contributed by atoms with E-state index in [2.05, 4.69) is 0 Å². The molecule has 0 fully saturated rings. The first-order valence-electron chi connectivity index (χ1n) is 4.76. The molecule has 4 nitrogen and oxygen atoms in total. The highest BCUT2D eigenvalue weighted by molar-refractivity contribution is 5.96. The molecule has 0 bridgehead atoms. The van der Waals surface area contributed by atoms with Crippen molar-refractivity contribution < 1.29 is 19.7 Å². The molecular weight excluding hydrogens is 196 g/mol. The molecule has 1 aromatic carbocycles. The van der Waals surface area contributed by atoms with Crippen LogP contribution in [0.4, 0.5) is 0 Å². The monoisotopic (exact) mass is 208 g/mol. The Hall–Kier alpha value is -1.71. The number of esters is 1. The van der Waals surface area contributed by atoms with E-state index in [9.17, 15) is 15.0 Å². The summed E-state index contributed by atoms with van der Waals surface area (Å²) >= 11 is 0. The standard InChI is InChI=1S/C11H12O4/c1-5-3-8(12)10(13)9-7(5)4-6(2)15-11(9)14/h3,6,12-13H,4H2,1-2H3/t6-/m1/s1. The van der Waals surface area contributed by atoms with Gasteiger partial charge in [0.25, 0.3) is 0 Å². The van der Waals surface area contributed by atoms with Gasteiger partial charge < -0.3 is 14.9 Å². The van der Waals surface area contributed by atoms with Crippen molar-refractivity contribution in [3.8, 4) is 11.5 Å². The van der Waals surface area contributed by atoms with Crippen molar-refractivity contribution in [3.63, 3.8) is 0 Å². The zero-order chi connectivity index (χ0) is 11.2. The quantitative estimate of drug-likeness (QED) is 0.501. The molecule has 0 saturated heterocycles. The molecule has 15 heavy (non-hydrogen) atoms. The number of cyclic esters (lactones) is 1. The smallest absolute Gasteiger partial charge is 0.342 e. The molecule has 80 valence electrons. The summed E-state index contributed by atoms with van der Waals surface area (Å²) in [4.78, 5) is 11.5. The van der Waals surface area contributed by atoms with E-state index >= 15 is 0 Å². The largest absolute Gasteiger partial charge is 0.504 e. The molecular formula is C11H12O4. The highest BCUT2D eigenvalue weighted by atomic mass is 16.5. The maximum absolute atomic E-state index is 11.5. The van der Waals surface area contributed by atoms with Crippen LogP contribution in [0.1, 0.15) is 28.4 Å². The van der Waals surface area contributed by atoms with Crippen LogP contribution in [-0.2, 0) is 11.2 Å². The summed E-state index contributed by atoms with van der Waals surface area (Å²) in [6.07, 6.45) is 0.383. The van der Waals surface area contributed by atoms with Crippen molar-refractivity contribution in [2.24, 2.45) is 0 Å². The van der Waals surface area contributed by atoms with Crippen LogP contribution in [0.5, 0.6) is 11.5 Å². The van der Waals surface area contributed by atoms with Crippen LogP contribution in [0.15, 0.2) is 6.07 Å². The molecule has 0 radical (unpaired) electrons. The van der Waals surface area contributed by atoms with Gasteiger partial charge in [0.05, 0.1) is 0 Å².